The lowest BCUT2D eigenvalue weighted by atomic mass is 9.98. The number of carbonyl (C=O) groups is 2. The van der Waals surface area contributed by atoms with Gasteiger partial charge >= 0.3 is 25.5 Å². The van der Waals surface area contributed by atoms with Gasteiger partial charge in [-0.25, -0.2) is 18.9 Å². The zero-order chi connectivity index (χ0) is 35.8. The van der Waals surface area contributed by atoms with Gasteiger partial charge in [-0.2, -0.15) is 5.26 Å². The maximum Gasteiger partial charge on any atom is 0.475 e. The number of carbonyl (C=O) groups excluding carboxylic acids is 1. The lowest BCUT2D eigenvalue weighted by Crippen LogP contribution is -2.48. The molecule has 14 heteroatoms. The van der Waals surface area contributed by atoms with E-state index < -0.39 is 44.3 Å². The maximum absolute atomic E-state index is 13.8. The van der Waals surface area contributed by atoms with E-state index in [1.54, 1.807) is 12.1 Å². The van der Waals surface area contributed by atoms with E-state index in [0.29, 0.717) is 10.9 Å². The Hall–Kier alpha value is -4.99. The van der Waals surface area contributed by atoms with Gasteiger partial charge in [0.1, 0.15) is 12.2 Å². The number of phosphoric ester groups is 1. The molecule has 0 saturated heterocycles. The number of ether oxygens (including phenoxy) is 1. The summed E-state index contributed by atoms with van der Waals surface area (Å²) in [6.45, 7) is 5.89. The van der Waals surface area contributed by atoms with Crippen LogP contribution < -0.4 is 15.8 Å². The average molecular weight is 704 g/mol. The van der Waals surface area contributed by atoms with Crippen LogP contribution in [-0.2, 0) is 34.3 Å². The van der Waals surface area contributed by atoms with Crippen molar-refractivity contribution in [2.45, 2.75) is 51.9 Å². The molecule has 1 aliphatic rings. The Morgan fingerprint density at radius 1 is 1.02 bits per heavy atom. The number of benzene rings is 3. The molecule has 262 valence electrons. The number of nitrogens with one attached hydrogen (secondary N) is 1. The van der Waals surface area contributed by atoms with Crippen LogP contribution in [0.25, 0.3) is 22.1 Å². The molecule has 0 spiro atoms. The number of nitriles is 1. The summed E-state index contributed by atoms with van der Waals surface area (Å²) < 4.78 is 41.3. The van der Waals surface area contributed by atoms with Crippen molar-refractivity contribution in [1.29, 1.82) is 5.26 Å². The summed E-state index contributed by atoms with van der Waals surface area (Å²) in [5, 5.41) is 21.8. The van der Waals surface area contributed by atoms with Gasteiger partial charge in [0.15, 0.2) is 6.04 Å². The second-order valence-corrected chi connectivity index (χ2v) is 13.1. The summed E-state index contributed by atoms with van der Waals surface area (Å²) in [5.41, 5.74) is 4.80. The molecule has 1 amide bonds. The average Bonchev–Trinajstić information content (AvgIpc) is 3.42. The molecule has 1 heterocycles. The highest BCUT2D eigenvalue weighted by Gasteiger charge is 2.37. The molecule has 1 aliphatic carbocycles. The van der Waals surface area contributed by atoms with Crippen LogP contribution in [0.5, 0.6) is 0 Å². The van der Waals surface area contributed by atoms with Gasteiger partial charge in [0, 0.05) is 42.2 Å². The van der Waals surface area contributed by atoms with Crippen molar-refractivity contribution in [3.05, 3.63) is 99.9 Å². The van der Waals surface area contributed by atoms with Gasteiger partial charge in [0.2, 0.25) is 0 Å². The van der Waals surface area contributed by atoms with Gasteiger partial charge in [-0.1, -0.05) is 48.5 Å². The number of fused-ring (bicyclic) bond motifs is 4. The molecule has 5 rings (SSSR count). The van der Waals surface area contributed by atoms with Crippen molar-refractivity contribution < 1.29 is 42.0 Å². The van der Waals surface area contributed by atoms with E-state index >= 15 is 0 Å². The lowest BCUT2D eigenvalue weighted by molar-refractivity contribution is -0.141. The fourth-order valence-electron chi connectivity index (χ4n) is 5.98. The number of rotatable bonds is 16. The van der Waals surface area contributed by atoms with Crippen molar-refractivity contribution in [3.8, 4) is 17.2 Å². The van der Waals surface area contributed by atoms with Crippen LogP contribution in [0.2, 0.25) is 0 Å². The SMILES string of the molecule is CCN(CC)c1ccc2c(COP(=O)(OCCC#N)OC(C)[C@H](NC(=O)OCC3c4ccccc4-c4ccccc43)C(=O)O)cc(=O)oc2c1. The molecule has 0 radical (unpaired) electrons. The largest absolute Gasteiger partial charge is 0.480 e. The molecular formula is C36H38N3O10P. The highest BCUT2D eigenvalue weighted by atomic mass is 31.2. The molecule has 3 atom stereocenters. The molecule has 1 aromatic heterocycles. The van der Waals surface area contributed by atoms with Crippen LogP contribution in [-0.4, -0.2) is 55.6 Å². The minimum Gasteiger partial charge on any atom is -0.480 e. The number of anilines is 1. The Morgan fingerprint density at radius 2 is 1.68 bits per heavy atom. The zero-order valence-corrected chi connectivity index (χ0v) is 28.8. The first-order valence-electron chi connectivity index (χ1n) is 16.2. The predicted molar refractivity (Wildman–Crippen MR) is 185 cm³/mol. The molecule has 2 unspecified atom stereocenters. The number of amides is 1. The van der Waals surface area contributed by atoms with Gasteiger partial charge in [-0.05, 0) is 60.7 Å². The van der Waals surface area contributed by atoms with Crippen LogP contribution >= 0.6 is 7.82 Å². The van der Waals surface area contributed by atoms with Crippen molar-refractivity contribution in [1.82, 2.24) is 5.32 Å². The highest BCUT2D eigenvalue weighted by molar-refractivity contribution is 7.48. The third-order valence-corrected chi connectivity index (χ3v) is 9.97. The molecule has 4 aromatic rings. The fourth-order valence-corrected chi connectivity index (χ4v) is 7.32. The van der Waals surface area contributed by atoms with Crippen LogP contribution in [0, 0.1) is 11.3 Å². The van der Waals surface area contributed by atoms with E-state index in [2.05, 4.69) is 10.2 Å². The summed E-state index contributed by atoms with van der Waals surface area (Å²) in [5.74, 6) is -1.75. The first-order valence-corrected chi connectivity index (χ1v) is 17.6. The van der Waals surface area contributed by atoms with Crippen molar-refractivity contribution >= 4 is 36.5 Å². The molecule has 0 fully saturated rings. The summed E-state index contributed by atoms with van der Waals surface area (Å²) in [4.78, 5) is 39.7. The minimum absolute atomic E-state index is 0.0598. The molecule has 3 aromatic carbocycles. The first-order chi connectivity index (χ1) is 24.1. The van der Waals surface area contributed by atoms with Gasteiger partial charge in [-0.15, -0.1) is 0 Å². The minimum atomic E-state index is -4.59. The smallest absolute Gasteiger partial charge is 0.475 e. The number of hydrogen-bond donors (Lipinski definition) is 2. The number of carboxylic acids is 1. The summed E-state index contributed by atoms with van der Waals surface area (Å²) in [7, 11) is -4.59. The Morgan fingerprint density at radius 3 is 2.30 bits per heavy atom. The van der Waals surface area contributed by atoms with E-state index in [1.165, 1.54) is 13.0 Å². The van der Waals surface area contributed by atoms with Gasteiger partial charge < -0.3 is 24.5 Å². The monoisotopic (exact) mass is 703 g/mol. The Balaban J connectivity index is 1.28. The van der Waals surface area contributed by atoms with E-state index in [-0.39, 0.29) is 31.1 Å². The standard InChI is InChI=1S/C36H38N3O10P/c1-4-39(5-2)25-15-16-26-24(19-33(40)48-32(26)20-25)21-47-50(44,46-18-10-17-37)49-23(3)34(35(41)42)38-36(43)45-22-31-29-13-8-6-11-27(29)28-12-7-9-14-30(28)31/h6-9,11-16,19-20,23,31,34H,4-5,10,18,21-22H2,1-3H3,(H,38,43)(H,41,42)/t23?,34-,50?/m0/s1. The second kappa shape index (κ2) is 16.1. The lowest BCUT2D eigenvalue weighted by Gasteiger charge is -2.26. The summed E-state index contributed by atoms with van der Waals surface area (Å²) in [6.07, 6.45) is -2.66. The van der Waals surface area contributed by atoms with Crippen LogP contribution in [0.1, 0.15) is 49.8 Å². The highest BCUT2D eigenvalue weighted by Crippen LogP contribution is 2.52. The van der Waals surface area contributed by atoms with Gasteiger partial charge in [-0.3, -0.25) is 13.6 Å². The van der Waals surface area contributed by atoms with Crippen LogP contribution in [0.3, 0.4) is 0 Å². The second-order valence-electron chi connectivity index (χ2n) is 11.5. The van der Waals surface area contributed by atoms with Crippen LogP contribution in [0.4, 0.5) is 10.5 Å². The van der Waals surface area contributed by atoms with Crippen molar-refractivity contribution in [3.63, 3.8) is 0 Å². The van der Waals surface area contributed by atoms with E-state index in [4.69, 9.17) is 28.0 Å². The Bertz CT molecular complexity index is 1960. The maximum atomic E-state index is 13.8. The number of alkyl carbamates (subject to hydrolysis) is 1. The Labute approximate surface area is 288 Å². The third-order valence-electron chi connectivity index (χ3n) is 8.43. The normalized spacial score (nSPS) is 14.5. The number of carboxylic acid groups (broad SMARTS) is 1. The first kappa shape index (κ1) is 36.3. The number of nitrogens with zero attached hydrogens (tertiary/aromatic N) is 2. The predicted octanol–water partition coefficient (Wildman–Crippen LogP) is 6.59. The molecular weight excluding hydrogens is 665 g/mol. The molecule has 50 heavy (non-hydrogen) atoms. The fraction of sp³-hybridized carbons (Fsp3) is 0.333. The van der Waals surface area contributed by atoms with Crippen LogP contribution in [0.15, 0.2) is 82.0 Å². The molecule has 2 N–H and O–H groups in total. The third kappa shape index (κ3) is 8.23. The molecule has 0 aliphatic heterocycles. The molecule has 0 saturated carbocycles. The molecule has 13 nitrogen and oxygen atoms in total. The van der Waals surface area contributed by atoms with Crippen molar-refractivity contribution in [2.24, 2.45) is 0 Å². The molecule has 0 bridgehead atoms. The summed E-state index contributed by atoms with van der Waals surface area (Å²) in [6, 6.07) is 22.2. The topological polar surface area (TPSA) is 178 Å². The Kier molecular flexibility index (Phi) is 11.7. The van der Waals surface area contributed by atoms with Gasteiger partial charge in [0.25, 0.3) is 0 Å². The van der Waals surface area contributed by atoms with Gasteiger partial charge in [0.05, 0.1) is 31.8 Å². The van der Waals surface area contributed by atoms with E-state index in [9.17, 15) is 24.1 Å². The van der Waals surface area contributed by atoms with Crippen molar-refractivity contribution in [2.75, 3.05) is 31.2 Å². The van der Waals surface area contributed by atoms with E-state index in [1.807, 2.05) is 74.5 Å². The van der Waals surface area contributed by atoms with E-state index in [0.717, 1.165) is 41.0 Å². The number of aliphatic carboxylic acids is 1. The summed E-state index contributed by atoms with van der Waals surface area (Å²) >= 11 is 0. The quantitative estimate of drug-likeness (QED) is 0.0728. The number of hydrogen-bond acceptors (Lipinski definition) is 11. The number of phosphoric acid groups is 1. The zero-order valence-electron chi connectivity index (χ0n) is 27.9.